The van der Waals surface area contributed by atoms with Crippen LogP contribution >= 0.6 is 0 Å². The molecule has 314 valence electrons. The zero-order valence-corrected chi connectivity index (χ0v) is 37.8. The molecule has 1 aliphatic rings. The van der Waals surface area contributed by atoms with E-state index >= 15 is 0 Å². The van der Waals surface area contributed by atoms with Gasteiger partial charge in [-0.25, -0.2) is 0 Å². The maximum Gasteiger partial charge on any atom is 0.0468 e. The average Bonchev–Trinajstić information content (AvgIpc) is 3.60. The van der Waals surface area contributed by atoms with Gasteiger partial charge < -0.3 is 4.90 Å². The molecule has 0 heterocycles. The first kappa shape index (κ1) is 39.6. The van der Waals surface area contributed by atoms with Crippen LogP contribution < -0.4 is 4.90 Å². The van der Waals surface area contributed by atoms with E-state index in [9.17, 15) is 0 Å². The molecular formula is C65H49N. The van der Waals surface area contributed by atoms with Crippen LogP contribution in [0.25, 0.3) is 88.0 Å². The zero-order chi connectivity index (χ0) is 44.5. The first-order valence-corrected chi connectivity index (χ1v) is 23.2. The fourth-order valence-electron chi connectivity index (χ4n) is 10.8. The number of nitrogens with zero attached hydrogens (tertiary/aromatic N) is 1. The van der Waals surface area contributed by atoms with Crippen molar-refractivity contribution in [2.24, 2.45) is 0 Å². The quantitative estimate of drug-likeness (QED) is 0.145. The summed E-state index contributed by atoms with van der Waals surface area (Å²) >= 11 is 0. The van der Waals surface area contributed by atoms with Gasteiger partial charge in [0.2, 0.25) is 0 Å². The molecule has 0 N–H and O–H groups in total. The maximum absolute atomic E-state index is 2.47. The van der Waals surface area contributed by atoms with Crippen LogP contribution in [0.4, 0.5) is 17.1 Å². The first-order chi connectivity index (χ1) is 32.3. The molecule has 0 atom stereocenters. The number of hydrogen-bond acceptors (Lipinski definition) is 1. The molecule has 1 heteroatoms. The molecule has 12 rings (SSSR count). The predicted octanol–water partition coefficient (Wildman–Crippen LogP) is 18.2. The lowest BCUT2D eigenvalue weighted by Gasteiger charge is -2.27. The van der Waals surface area contributed by atoms with Crippen LogP contribution in [0.1, 0.15) is 36.1 Å². The lowest BCUT2D eigenvalue weighted by molar-refractivity contribution is 0.660. The Balaban J connectivity index is 1.11. The van der Waals surface area contributed by atoms with Gasteiger partial charge in [0.05, 0.1) is 0 Å². The van der Waals surface area contributed by atoms with E-state index in [4.69, 9.17) is 0 Å². The second-order valence-corrected chi connectivity index (χ2v) is 18.6. The molecule has 0 saturated carbocycles. The molecule has 1 aliphatic carbocycles. The molecule has 0 spiro atoms. The van der Waals surface area contributed by atoms with E-state index in [1.807, 2.05) is 0 Å². The van der Waals surface area contributed by atoms with Crippen molar-refractivity contribution in [2.75, 3.05) is 4.90 Å². The summed E-state index contributed by atoms with van der Waals surface area (Å²) in [5.41, 5.74) is 21.0. The zero-order valence-electron chi connectivity index (χ0n) is 37.8. The highest BCUT2D eigenvalue weighted by molar-refractivity contribution is 6.33. The van der Waals surface area contributed by atoms with E-state index in [0.717, 1.165) is 17.1 Å². The van der Waals surface area contributed by atoms with Crippen molar-refractivity contribution in [3.8, 4) is 55.6 Å². The molecule has 0 aromatic heterocycles. The number of benzene rings is 11. The standard InChI is InChI=1S/C65H49N/c1-42-23-32-49(33-24-42)66(50-34-25-43(2)26-35-50)51-36-38-56-59(40-51)52-19-11-12-21-55(52)63-58(45-15-7-5-8-16-45)41-57(62(64(56)63)47-17-9-6-10-18-47)46-29-27-44(28-30-46)48-31-37-54-53-20-13-14-22-60(53)65(3,4)61(54)39-48/h5-41H,1-4H3. The molecule has 0 amide bonds. The van der Waals surface area contributed by atoms with Gasteiger partial charge in [-0.1, -0.05) is 201 Å². The smallest absolute Gasteiger partial charge is 0.0468 e. The molecule has 1 nitrogen and oxygen atoms in total. The Hall–Kier alpha value is -8.00. The van der Waals surface area contributed by atoms with Crippen molar-refractivity contribution in [2.45, 2.75) is 33.1 Å². The highest BCUT2D eigenvalue weighted by Gasteiger charge is 2.35. The summed E-state index contributed by atoms with van der Waals surface area (Å²) in [7, 11) is 0. The summed E-state index contributed by atoms with van der Waals surface area (Å²) in [4.78, 5) is 2.39. The minimum Gasteiger partial charge on any atom is -0.310 e. The van der Waals surface area contributed by atoms with Gasteiger partial charge >= 0.3 is 0 Å². The van der Waals surface area contributed by atoms with E-state index in [1.165, 1.54) is 110 Å². The first-order valence-electron chi connectivity index (χ1n) is 23.2. The van der Waals surface area contributed by atoms with E-state index in [-0.39, 0.29) is 5.41 Å². The normalized spacial score (nSPS) is 12.7. The molecular weight excluding hydrogens is 795 g/mol. The summed E-state index contributed by atoms with van der Waals surface area (Å²) in [6.07, 6.45) is 0. The lowest BCUT2D eigenvalue weighted by Crippen LogP contribution is -2.14. The van der Waals surface area contributed by atoms with Gasteiger partial charge in [-0.05, 0) is 161 Å². The Labute approximate surface area is 387 Å². The van der Waals surface area contributed by atoms with Gasteiger partial charge in [-0.2, -0.15) is 0 Å². The van der Waals surface area contributed by atoms with E-state index in [2.05, 4.69) is 257 Å². The molecule has 0 saturated heterocycles. The van der Waals surface area contributed by atoms with E-state index in [0.29, 0.717) is 0 Å². The molecule has 66 heavy (non-hydrogen) atoms. The minimum absolute atomic E-state index is 0.0568. The van der Waals surface area contributed by atoms with Crippen LogP contribution in [0.15, 0.2) is 224 Å². The maximum atomic E-state index is 2.47. The van der Waals surface area contributed by atoms with Gasteiger partial charge in [0.25, 0.3) is 0 Å². The number of rotatable bonds is 7. The van der Waals surface area contributed by atoms with Crippen molar-refractivity contribution >= 4 is 49.4 Å². The van der Waals surface area contributed by atoms with Crippen LogP contribution in [-0.4, -0.2) is 0 Å². The van der Waals surface area contributed by atoms with Crippen LogP contribution in [0.3, 0.4) is 0 Å². The largest absolute Gasteiger partial charge is 0.310 e. The lowest BCUT2D eigenvalue weighted by atomic mass is 9.81. The van der Waals surface area contributed by atoms with E-state index in [1.54, 1.807) is 0 Å². The van der Waals surface area contributed by atoms with Crippen molar-refractivity contribution in [3.05, 3.63) is 247 Å². The van der Waals surface area contributed by atoms with Gasteiger partial charge in [0.15, 0.2) is 0 Å². The second kappa shape index (κ2) is 15.6. The number of fused-ring (bicyclic) bond motifs is 9. The Morgan fingerprint density at radius 3 is 1.50 bits per heavy atom. The topological polar surface area (TPSA) is 3.24 Å². The van der Waals surface area contributed by atoms with Crippen LogP contribution in [-0.2, 0) is 5.41 Å². The number of hydrogen-bond donors (Lipinski definition) is 0. The summed E-state index contributed by atoms with van der Waals surface area (Å²) in [5, 5.41) is 7.48. The van der Waals surface area contributed by atoms with Crippen molar-refractivity contribution in [1.82, 2.24) is 0 Å². The number of anilines is 3. The van der Waals surface area contributed by atoms with Gasteiger partial charge in [-0.15, -0.1) is 0 Å². The van der Waals surface area contributed by atoms with Gasteiger partial charge in [0, 0.05) is 22.5 Å². The third kappa shape index (κ3) is 6.45. The fraction of sp³-hybridized carbons (Fsp3) is 0.0769. The molecule has 0 unspecified atom stereocenters. The Morgan fingerprint density at radius 1 is 0.303 bits per heavy atom. The van der Waals surface area contributed by atoms with E-state index < -0.39 is 0 Å². The highest BCUT2D eigenvalue weighted by atomic mass is 15.1. The summed E-state index contributed by atoms with van der Waals surface area (Å²) < 4.78 is 0. The third-order valence-electron chi connectivity index (χ3n) is 14.2. The Morgan fingerprint density at radius 2 is 0.818 bits per heavy atom. The molecule has 0 bridgehead atoms. The molecule has 0 aliphatic heterocycles. The van der Waals surface area contributed by atoms with Crippen molar-refractivity contribution < 1.29 is 0 Å². The minimum atomic E-state index is -0.0568. The highest BCUT2D eigenvalue weighted by Crippen LogP contribution is 2.52. The summed E-state index contributed by atoms with van der Waals surface area (Å²) in [6.45, 7) is 9.02. The Kier molecular flexibility index (Phi) is 9.36. The summed E-state index contributed by atoms with van der Waals surface area (Å²) in [5.74, 6) is 0. The van der Waals surface area contributed by atoms with Gasteiger partial charge in [0.1, 0.15) is 0 Å². The van der Waals surface area contributed by atoms with Crippen molar-refractivity contribution in [3.63, 3.8) is 0 Å². The summed E-state index contributed by atoms with van der Waals surface area (Å²) in [6, 6.07) is 83.7. The van der Waals surface area contributed by atoms with Crippen molar-refractivity contribution in [1.29, 1.82) is 0 Å². The fourth-order valence-corrected chi connectivity index (χ4v) is 10.8. The van der Waals surface area contributed by atoms with Gasteiger partial charge in [-0.3, -0.25) is 0 Å². The Bertz CT molecular complexity index is 3590. The predicted molar refractivity (Wildman–Crippen MR) is 282 cm³/mol. The monoisotopic (exact) mass is 843 g/mol. The number of aryl methyl sites for hydroxylation is 2. The molecule has 11 aromatic carbocycles. The van der Waals surface area contributed by atoms with Crippen LogP contribution in [0.5, 0.6) is 0 Å². The molecule has 0 fully saturated rings. The average molecular weight is 844 g/mol. The van der Waals surface area contributed by atoms with Crippen LogP contribution in [0.2, 0.25) is 0 Å². The molecule has 11 aromatic rings. The van der Waals surface area contributed by atoms with Crippen LogP contribution in [0, 0.1) is 13.8 Å². The SMILES string of the molecule is Cc1ccc(N(c2ccc(C)cc2)c2ccc3c(c2)c2ccccc2c2c(-c4ccccc4)cc(-c4ccc(-c5ccc6c(c5)C(C)(C)c5ccccc5-6)cc4)c(-c4ccccc4)c32)cc1. The molecule has 0 radical (unpaired) electrons. The second-order valence-electron chi connectivity index (χ2n) is 18.6. The third-order valence-corrected chi connectivity index (χ3v) is 14.2.